The molecule has 1 saturated heterocycles. The van der Waals surface area contributed by atoms with Gasteiger partial charge >= 0.3 is 0 Å². The molecule has 0 radical (unpaired) electrons. The van der Waals surface area contributed by atoms with Gasteiger partial charge in [-0.2, -0.15) is 0 Å². The molecule has 0 N–H and O–H groups in total. The van der Waals surface area contributed by atoms with Crippen LogP contribution in [0, 0.1) is 17.8 Å². The third-order valence-electron chi connectivity index (χ3n) is 5.54. The first-order valence-electron chi connectivity index (χ1n) is 8.91. The molecule has 0 aromatic heterocycles. The quantitative estimate of drug-likeness (QED) is 0.773. The molecule has 1 aliphatic heterocycles. The number of amides is 1. The topological polar surface area (TPSA) is 37.4 Å². The van der Waals surface area contributed by atoms with Crippen molar-refractivity contribution in [2.24, 2.45) is 17.8 Å². The SMILES string of the molecule is CCCCC1CCN(C(=O)C2CCC(C(C)=O)CC2)CC1. The van der Waals surface area contributed by atoms with Crippen molar-refractivity contribution < 1.29 is 9.59 Å². The molecule has 0 unspecified atom stereocenters. The van der Waals surface area contributed by atoms with Crippen LogP contribution in [0.2, 0.25) is 0 Å². The smallest absolute Gasteiger partial charge is 0.225 e. The first-order chi connectivity index (χ1) is 10.1. The standard InChI is InChI=1S/C18H31NO2/c1-3-4-5-15-10-12-19(13-11-15)18(21)17-8-6-16(7-9-17)14(2)20/h15-17H,3-13H2,1-2H3. The summed E-state index contributed by atoms with van der Waals surface area (Å²) in [6, 6.07) is 0. The number of carbonyl (C=O) groups excluding carboxylic acids is 2. The summed E-state index contributed by atoms with van der Waals surface area (Å²) >= 11 is 0. The van der Waals surface area contributed by atoms with Crippen LogP contribution in [0.1, 0.15) is 71.6 Å². The maximum atomic E-state index is 12.6. The van der Waals surface area contributed by atoms with Gasteiger partial charge in [-0.15, -0.1) is 0 Å². The number of hydrogen-bond donors (Lipinski definition) is 0. The monoisotopic (exact) mass is 293 g/mol. The van der Waals surface area contributed by atoms with Crippen molar-refractivity contribution in [3.05, 3.63) is 0 Å². The number of hydrogen-bond acceptors (Lipinski definition) is 2. The highest BCUT2D eigenvalue weighted by Gasteiger charge is 2.32. The molecule has 1 heterocycles. The summed E-state index contributed by atoms with van der Waals surface area (Å²) in [6.45, 7) is 5.85. The summed E-state index contributed by atoms with van der Waals surface area (Å²) in [4.78, 5) is 26.1. The van der Waals surface area contributed by atoms with Crippen LogP contribution in [0.25, 0.3) is 0 Å². The molecule has 2 aliphatic rings. The summed E-state index contributed by atoms with van der Waals surface area (Å²) < 4.78 is 0. The van der Waals surface area contributed by atoms with Gasteiger partial charge in [0.05, 0.1) is 0 Å². The Morgan fingerprint density at radius 3 is 2.05 bits per heavy atom. The van der Waals surface area contributed by atoms with E-state index >= 15 is 0 Å². The average Bonchev–Trinajstić information content (AvgIpc) is 2.53. The number of Topliss-reactive ketones (excluding diaryl/α,β-unsaturated/α-hetero) is 1. The van der Waals surface area contributed by atoms with Crippen molar-refractivity contribution in [3.63, 3.8) is 0 Å². The Bertz CT molecular complexity index is 350. The van der Waals surface area contributed by atoms with Gasteiger partial charge in [-0.05, 0) is 51.4 Å². The zero-order chi connectivity index (χ0) is 15.2. The van der Waals surface area contributed by atoms with E-state index in [4.69, 9.17) is 0 Å². The Balaban J connectivity index is 1.74. The minimum atomic E-state index is 0.188. The van der Waals surface area contributed by atoms with E-state index in [9.17, 15) is 9.59 Å². The molecule has 3 nitrogen and oxygen atoms in total. The van der Waals surface area contributed by atoms with E-state index in [2.05, 4.69) is 11.8 Å². The second-order valence-electron chi connectivity index (χ2n) is 7.07. The van der Waals surface area contributed by atoms with E-state index in [1.807, 2.05) is 0 Å². The normalized spacial score (nSPS) is 27.6. The molecule has 120 valence electrons. The van der Waals surface area contributed by atoms with Crippen LogP contribution < -0.4 is 0 Å². The molecule has 2 fully saturated rings. The largest absolute Gasteiger partial charge is 0.342 e. The molecule has 21 heavy (non-hydrogen) atoms. The third-order valence-corrected chi connectivity index (χ3v) is 5.54. The van der Waals surface area contributed by atoms with E-state index in [0.717, 1.165) is 44.7 Å². The number of rotatable bonds is 5. The Hall–Kier alpha value is -0.860. The fourth-order valence-electron chi connectivity index (χ4n) is 3.94. The molecule has 0 aromatic rings. The van der Waals surface area contributed by atoms with Gasteiger partial charge in [0.2, 0.25) is 5.91 Å². The van der Waals surface area contributed by atoms with Gasteiger partial charge in [0.1, 0.15) is 5.78 Å². The van der Waals surface area contributed by atoms with Gasteiger partial charge in [-0.25, -0.2) is 0 Å². The van der Waals surface area contributed by atoms with Crippen molar-refractivity contribution in [2.75, 3.05) is 13.1 Å². The van der Waals surface area contributed by atoms with E-state index < -0.39 is 0 Å². The predicted molar refractivity (Wildman–Crippen MR) is 85.0 cm³/mol. The van der Waals surface area contributed by atoms with Crippen LogP contribution >= 0.6 is 0 Å². The van der Waals surface area contributed by atoms with Gasteiger partial charge in [0, 0.05) is 24.9 Å². The first-order valence-corrected chi connectivity index (χ1v) is 8.91. The number of nitrogens with zero attached hydrogens (tertiary/aromatic N) is 1. The van der Waals surface area contributed by atoms with E-state index in [1.54, 1.807) is 6.92 Å². The summed E-state index contributed by atoms with van der Waals surface area (Å²) in [5.41, 5.74) is 0. The Kier molecular flexibility index (Phi) is 6.25. The van der Waals surface area contributed by atoms with E-state index in [1.165, 1.54) is 32.1 Å². The molecule has 0 atom stereocenters. The molecule has 1 aliphatic carbocycles. The maximum absolute atomic E-state index is 12.6. The number of likely N-dealkylation sites (tertiary alicyclic amines) is 1. The second kappa shape index (κ2) is 7.95. The van der Waals surface area contributed by atoms with Crippen LogP contribution in [0.4, 0.5) is 0 Å². The lowest BCUT2D eigenvalue weighted by Crippen LogP contribution is -2.42. The van der Waals surface area contributed by atoms with Crippen LogP contribution in [0.15, 0.2) is 0 Å². The molecule has 0 spiro atoms. The van der Waals surface area contributed by atoms with Gasteiger partial charge in [-0.3, -0.25) is 9.59 Å². The van der Waals surface area contributed by atoms with Gasteiger partial charge < -0.3 is 4.90 Å². The van der Waals surface area contributed by atoms with Crippen LogP contribution in [0.5, 0.6) is 0 Å². The van der Waals surface area contributed by atoms with Crippen molar-refractivity contribution in [3.8, 4) is 0 Å². The number of ketones is 1. The van der Waals surface area contributed by atoms with Crippen molar-refractivity contribution >= 4 is 11.7 Å². The summed E-state index contributed by atoms with van der Waals surface area (Å²) in [6.07, 6.45) is 9.98. The zero-order valence-corrected chi connectivity index (χ0v) is 13.8. The van der Waals surface area contributed by atoms with Crippen LogP contribution in [-0.2, 0) is 9.59 Å². The molecule has 1 saturated carbocycles. The predicted octanol–water partition coefficient (Wildman–Crippen LogP) is 3.81. The summed E-state index contributed by atoms with van der Waals surface area (Å²) in [5.74, 6) is 1.91. The van der Waals surface area contributed by atoms with Crippen molar-refractivity contribution in [1.82, 2.24) is 4.90 Å². The first kappa shape index (κ1) is 16.5. The highest BCUT2D eigenvalue weighted by molar-refractivity contribution is 5.81. The number of unbranched alkanes of at least 4 members (excludes halogenated alkanes) is 1. The molecule has 3 heteroatoms. The van der Waals surface area contributed by atoms with E-state index in [-0.39, 0.29) is 11.8 Å². The molecule has 0 bridgehead atoms. The highest BCUT2D eigenvalue weighted by atomic mass is 16.2. The summed E-state index contributed by atoms with van der Waals surface area (Å²) in [5, 5.41) is 0. The van der Waals surface area contributed by atoms with Crippen LogP contribution in [0.3, 0.4) is 0 Å². The lowest BCUT2D eigenvalue weighted by molar-refractivity contribution is -0.139. The minimum Gasteiger partial charge on any atom is -0.342 e. The van der Waals surface area contributed by atoms with Crippen molar-refractivity contribution in [2.45, 2.75) is 71.6 Å². The third kappa shape index (κ3) is 4.55. The molecule has 2 rings (SSSR count). The number of carbonyl (C=O) groups is 2. The minimum absolute atomic E-state index is 0.188. The lowest BCUT2D eigenvalue weighted by Gasteiger charge is -2.36. The molecular weight excluding hydrogens is 262 g/mol. The highest BCUT2D eigenvalue weighted by Crippen LogP contribution is 2.32. The summed E-state index contributed by atoms with van der Waals surface area (Å²) in [7, 11) is 0. The van der Waals surface area contributed by atoms with Gasteiger partial charge in [-0.1, -0.05) is 26.2 Å². The van der Waals surface area contributed by atoms with Gasteiger partial charge in [0.25, 0.3) is 0 Å². The molecule has 1 amide bonds. The van der Waals surface area contributed by atoms with Gasteiger partial charge in [0.15, 0.2) is 0 Å². The van der Waals surface area contributed by atoms with Crippen LogP contribution in [-0.4, -0.2) is 29.7 Å². The Labute approximate surface area is 129 Å². The molecule has 0 aromatic carbocycles. The lowest BCUT2D eigenvalue weighted by atomic mass is 9.79. The fraction of sp³-hybridized carbons (Fsp3) is 0.889. The Morgan fingerprint density at radius 2 is 1.52 bits per heavy atom. The van der Waals surface area contributed by atoms with Crippen molar-refractivity contribution in [1.29, 1.82) is 0 Å². The average molecular weight is 293 g/mol. The number of piperidine rings is 1. The molecular formula is C18H31NO2. The second-order valence-corrected chi connectivity index (χ2v) is 7.07. The Morgan fingerprint density at radius 1 is 0.952 bits per heavy atom. The fourth-order valence-corrected chi connectivity index (χ4v) is 3.94. The van der Waals surface area contributed by atoms with E-state index in [0.29, 0.717) is 11.7 Å². The maximum Gasteiger partial charge on any atom is 0.225 e. The zero-order valence-electron chi connectivity index (χ0n) is 13.8.